The summed E-state index contributed by atoms with van der Waals surface area (Å²) in [5.74, 6) is 0.781. The van der Waals surface area contributed by atoms with Gasteiger partial charge in [-0.2, -0.15) is 0 Å². The second kappa shape index (κ2) is 5.95. The van der Waals surface area contributed by atoms with Gasteiger partial charge in [0.25, 0.3) is 0 Å². The number of aromatic amines is 1. The number of nitrogen functional groups attached to an aromatic ring is 1. The van der Waals surface area contributed by atoms with E-state index in [1.54, 1.807) is 11.8 Å². The van der Waals surface area contributed by atoms with Crippen LogP contribution in [0.3, 0.4) is 0 Å². The highest BCUT2D eigenvalue weighted by atomic mass is 79.9. The highest BCUT2D eigenvalue weighted by Gasteiger charge is 2.08. The van der Waals surface area contributed by atoms with Crippen molar-refractivity contribution in [2.24, 2.45) is 0 Å². The standard InChI is InChI=1S/C16H14BrN3S/c1-21-12-5-2-10(3-6-12)15-9-19-16(20-15)13-7-4-11(17)8-14(13)18/h2-9H,18H2,1H3,(H,19,20). The van der Waals surface area contributed by atoms with E-state index in [1.165, 1.54) is 4.90 Å². The molecule has 1 aromatic heterocycles. The van der Waals surface area contributed by atoms with Gasteiger partial charge in [0.15, 0.2) is 0 Å². The molecule has 0 aliphatic heterocycles. The Hall–Kier alpha value is -1.72. The molecule has 0 radical (unpaired) electrons. The average molecular weight is 360 g/mol. The Morgan fingerprint density at radius 1 is 1.14 bits per heavy atom. The van der Waals surface area contributed by atoms with Crippen LogP contribution in [0.4, 0.5) is 5.69 Å². The van der Waals surface area contributed by atoms with Crippen LogP contribution in [-0.4, -0.2) is 16.2 Å². The Morgan fingerprint density at radius 3 is 2.57 bits per heavy atom. The number of imidazole rings is 1. The minimum atomic E-state index is 0.697. The van der Waals surface area contributed by atoms with Crippen LogP contribution in [-0.2, 0) is 0 Å². The summed E-state index contributed by atoms with van der Waals surface area (Å²) < 4.78 is 0.961. The SMILES string of the molecule is CSc1ccc(-c2cnc(-c3ccc(Br)cc3N)[nH]2)cc1. The van der Waals surface area contributed by atoms with Gasteiger partial charge in [0.1, 0.15) is 5.82 Å². The Kier molecular flexibility index (Phi) is 4.03. The van der Waals surface area contributed by atoms with Crippen LogP contribution in [0, 0.1) is 0 Å². The number of anilines is 1. The highest BCUT2D eigenvalue weighted by molar-refractivity contribution is 9.10. The maximum absolute atomic E-state index is 6.05. The lowest BCUT2D eigenvalue weighted by molar-refractivity contribution is 1.31. The van der Waals surface area contributed by atoms with Crippen molar-refractivity contribution in [1.82, 2.24) is 9.97 Å². The number of nitrogens with two attached hydrogens (primary N) is 1. The molecule has 3 rings (SSSR count). The third-order valence-electron chi connectivity index (χ3n) is 3.25. The second-order valence-corrected chi connectivity index (χ2v) is 6.40. The summed E-state index contributed by atoms with van der Waals surface area (Å²) in [5, 5.41) is 0. The van der Waals surface area contributed by atoms with Gasteiger partial charge in [-0.05, 0) is 42.2 Å². The van der Waals surface area contributed by atoms with Gasteiger partial charge in [0.05, 0.1) is 11.9 Å². The lowest BCUT2D eigenvalue weighted by Gasteiger charge is -2.03. The Balaban J connectivity index is 1.95. The molecule has 0 aliphatic carbocycles. The summed E-state index contributed by atoms with van der Waals surface area (Å²) in [6.45, 7) is 0. The van der Waals surface area contributed by atoms with Crippen molar-refractivity contribution in [2.75, 3.05) is 12.0 Å². The molecule has 21 heavy (non-hydrogen) atoms. The van der Waals surface area contributed by atoms with Crippen LogP contribution in [0.25, 0.3) is 22.6 Å². The van der Waals surface area contributed by atoms with E-state index in [9.17, 15) is 0 Å². The van der Waals surface area contributed by atoms with E-state index < -0.39 is 0 Å². The third kappa shape index (κ3) is 2.99. The van der Waals surface area contributed by atoms with E-state index in [2.05, 4.69) is 56.4 Å². The van der Waals surface area contributed by atoms with Crippen molar-refractivity contribution in [1.29, 1.82) is 0 Å². The number of benzene rings is 2. The van der Waals surface area contributed by atoms with Crippen LogP contribution in [0.1, 0.15) is 0 Å². The predicted octanol–water partition coefficient (Wildman–Crippen LogP) is 4.81. The van der Waals surface area contributed by atoms with Gasteiger partial charge < -0.3 is 10.7 Å². The average Bonchev–Trinajstić information content (AvgIpc) is 2.97. The van der Waals surface area contributed by atoms with Crippen molar-refractivity contribution in [3.63, 3.8) is 0 Å². The largest absolute Gasteiger partial charge is 0.398 e. The summed E-state index contributed by atoms with van der Waals surface area (Å²) in [6.07, 6.45) is 3.91. The molecule has 106 valence electrons. The number of H-pyrrole nitrogens is 1. The lowest BCUT2D eigenvalue weighted by Crippen LogP contribution is -1.91. The fourth-order valence-corrected chi connectivity index (χ4v) is 2.91. The zero-order valence-electron chi connectivity index (χ0n) is 11.4. The van der Waals surface area contributed by atoms with Crippen molar-refractivity contribution in [2.45, 2.75) is 4.90 Å². The molecule has 0 bridgehead atoms. The first-order valence-corrected chi connectivity index (χ1v) is 8.44. The summed E-state index contributed by atoms with van der Waals surface area (Å²) >= 11 is 5.14. The molecule has 3 aromatic rings. The fraction of sp³-hybridized carbons (Fsp3) is 0.0625. The minimum Gasteiger partial charge on any atom is -0.398 e. The zero-order chi connectivity index (χ0) is 14.8. The maximum atomic E-state index is 6.05. The Labute approximate surface area is 136 Å². The van der Waals surface area contributed by atoms with E-state index in [4.69, 9.17) is 5.73 Å². The van der Waals surface area contributed by atoms with Gasteiger partial charge in [-0.3, -0.25) is 0 Å². The smallest absolute Gasteiger partial charge is 0.139 e. The van der Waals surface area contributed by atoms with Gasteiger partial charge in [0.2, 0.25) is 0 Å². The van der Waals surface area contributed by atoms with Crippen LogP contribution in [0.15, 0.2) is 58.0 Å². The number of aromatic nitrogens is 2. The Bertz CT molecular complexity index is 765. The van der Waals surface area contributed by atoms with E-state index in [0.717, 1.165) is 27.1 Å². The first-order chi connectivity index (χ1) is 10.2. The number of hydrogen-bond acceptors (Lipinski definition) is 3. The van der Waals surface area contributed by atoms with E-state index >= 15 is 0 Å². The molecule has 0 saturated heterocycles. The summed E-state index contributed by atoms with van der Waals surface area (Å²) in [4.78, 5) is 9.02. The number of halogens is 1. The van der Waals surface area contributed by atoms with Gasteiger partial charge in [-0.1, -0.05) is 28.1 Å². The quantitative estimate of drug-likeness (QED) is 0.521. The minimum absolute atomic E-state index is 0.697. The molecule has 0 spiro atoms. The first kappa shape index (κ1) is 14.2. The molecule has 3 nitrogen and oxygen atoms in total. The molecule has 3 N–H and O–H groups in total. The van der Waals surface area contributed by atoms with Crippen molar-refractivity contribution in [3.8, 4) is 22.6 Å². The molecule has 0 amide bonds. The number of nitrogens with zero attached hydrogens (tertiary/aromatic N) is 1. The molecular formula is C16H14BrN3S. The molecule has 2 aromatic carbocycles. The molecule has 0 unspecified atom stereocenters. The normalized spacial score (nSPS) is 10.8. The molecule has 0 saturated carbocycles. The van der Waals surface area contributed by atoms with E-state index in [-0.39, 0.29) is 0 Å². The number of hydrogen-bond donors (Lipinski definition) is 2. The zero-order valence-corrected chi connectivity index (χ0v) is 13.8. The molecular weight excluding hydrogens is 346 g/mol. The second-order valence-electron chi connectivity index (χ2n) is 4.61. The Morgan fingerprint density at radius 2 is 1.90 bits per heavy atom. The van der Waals surface area contributed by atoms with Gasteiger partial charge >= 0.3 is 0 Å². The van der Waals surface area contributed by atoms with E-state index in [1.807, 2.05) is 24.4 Å². The van der Waals surface area contributed by atoms with Crippen molar-refractivity contribution in [3.05, 3.63) is 53.1 Å². The van der Waals surface area contributed by atoms with Crippen LogP contribution in [0.5, 0.6) is 0 Å². The maximum Gasteiger partial charge on any atom is 0.139 e. The molecule has 0 fully saturated rings. The fourth-order valence-electron chi connectivity index (χ4n) is 2.12. The van der Waals surface area contributed by atoms with Crippen molar-refractivity contribution >= 4 is 33.4 Å². The third-order valence-corrected chi connectivity index (χ3v) is 4.48. The van der Waals surface area contributed by atoms with E-state index in [0.29, 0.717) is 5.69 Å². The van der Waals surface area contributed by atoms with Crippen LogP contribution in [0.2, 0.25) is 0 Å². The predicted molar refractivity (Wildman–Crippen MR) is 93.4 cm³/mol. The summed E-state index contributed by atoms with van der Waals surface area (Å²) in [7, 11) is 0. The highest BCUT2D eigenvalue weighted by Crippen LogP contribution is 2.29. The summed E-state index contributed by atoms with van der Waals surface area (Å²) in [6, 6.07) is 14.2. The molecule has 1 heterocycles. The first-order valence-electron chi connectivity index (χ1n) is 6.42. The number of thioether (sulfide) groups is 1. The van der Waals surface area contributed by atoms with Crippen molar-refractivity contribution < 1.29 is 0 Å². The summed E-state index contributed by atoms with van der Waals surface area (Å²) in [5.41, 5.74) is 9.75. The molecule has 0 aliphatic rings. The van der Waals surface area contributed by atoms with Gasteiger partial charge in [-0.25, -0.2) is 4.98 Å². The number of nitrogens with one attached hydrogen (secondary N) is 1. The van der Waals surface area contributed by atoms with Gasteiger partial charge in [-0.15, -0.1) is 11.8 Å². The van der Waals surface area contributed by atoms with Gasteiger partial charge in [0, 0.05) is 20.6 Å². The molecule has 5 heteroatoms. The molecule has 0 atom stereocenters. The number of rotatable bonds is 3. The topological polar surface area (TPSA) is 54.7 Å². The van der Waals surface area contributed by atoms with Crippen LogP contribution < -0.4 is 5.73 Å². The lowest BCUT2D eigenvalue weighted by atomic mass is 10.1. The van der Waals surface area contributed by atoms with Crippen LogP contribution >= 0.6 is 27.7 Å². The monoisotopic (exact) mass is 359 g/mol.